The molecule has 7 nitrogen and oxygen atoms in total. The zero-order valence-corrected chi connectivity index (χ0v) is 16.3. The van der Waals surface area contributed by atoms with Gasteiger partial charge in [0, 0.05) is 45.5 Å². The highest BCUT2D eigenvalue weighted by molar-refractivity contribution is 14.0. The minimum atomic E-state index is 0. The molecule has 0 aromatic carbocycles. The average Bonchev–Trinajstić information content (AvgIpc) is 3.13. The van der Waals surface area contributed by atoms with Crippen molar-refractivity contribution in [3.63, 3.8) is 0 Å². The highest BCUT2D eigenvalue weighted by atomic mass is 127. The molecule has 2 rings (SSSR count). The Balaban J connectivity index is 0.00000264. The fourth-order valence-corrected chi connectivity index (χ4v) is 2.20. The third kappa shape index (κ3) is 6.20. The summed E-state index contributed by atoms with van der Waals surface area (Å²) in [6, 6.07) is 2.08. The Morgan fingerprint density at radius 1 is 1.30 bits per heavy atom. The zero-order chi connectivity index (χ0) is 15.8. The minimum absolute atomic E-state index is 0. The van der Waals surface area contributed by atoms with Gasteiger partial charge in [-0.3, -0.25) is 0 Å². The van der Waals surface area contributed by atoms with Crippen LogP contribution in [0, 0.1) is 0 Å². The van der Waals surface area contributed by atoms with E-state index in [-0.39, 0.29) is 24.0 Å². The Morgan fingerprint density at radius 3 is 2.78 bits per heavy atom. The van der Waals surface area contributed by atoms with Gasteiger partial charge in [-0.1, -0.05) is 6.92 Å². The van der Waals surface area contributed by atoms with E-state index >= 15 is 0 Å². The fraction of sp³-hybridized carbons (Fsp3) is 0.533. The van der Waals surface area contributed by atoms with Gasteiger partial charge >= 0.3 is 0 Å². The minimum Gasteiger partial charge on any atom is -0.357 e. The SMILES string of the molecule is CCNC(=NCc1ccn(C)c1)NCCn1cnnc1CC.I. The Bertz CT molecular complexity index is 602. The third-order valence-corrected chi connectivity index (χ3v) is 3.31. The number of aryl methyl sites for hydroxylation is 2. The normalized spacial score (nSPS) is 11.2. The first kappa shape index (κ1) is 19.5. The molecule has 0 radical (unpaired) electrons. The molecule has 0 saturated heterocycles. The largest absolute Gasteiger partial charge is 0.357 e. The molecule has 23 heavy (non-hydrogen) atoms. The summed E-state index contributed by atoms with van der Waals surface area (Å²) in [4.78, 5) is 4.60. The zero-order valence-electron chi connectivity index (χ0n) is 14.0. The maximum Gasteiger partial charge on any atom is 0.191 e. The van der Waals surface area contributed by atoms with Crippen molar-refractivity contribution in [3.8, 4) is 0 Å². The van der Waals surface area contributed by atoms with Crippen LogP contribution in [-0.2, 0) is 26.6 Å². The summed E-state index contributed by atoms with van der Waals surface area (Å²) in [5.41, 5.74) is 1.20. The van der Waals surface area contributed by atoms with E-state index in [1.807, 2.05) is 17.8 Å². The maximum absolute atomic E-state index is 4.60. The van der Waals surface area contributed by atoms with Gasteiger partial charge in [0.05, 0.1) is 6.54 Å². The average molecular weight is 431 g/mol. The maximum atomic E-state index is 4.60. The molecule has 0 bridgehead atoms. The molecule has 2 aromatic heterocycles. The van der Waals surface area contributed by atoms with E-state index in [1.54, 1.807) is 6.33 Å². The van der Waals surface area contributed by atoms with Crippen LogP contribution in [0.5, 0.6) is 0 Å². The number of aliphatic imine (C=N–C) groups is 1. The number of guanidine groups is 1. The smallest absolute Gasteiger partial charge is 0.191 e. The quantitative estimate of drug-likeness (QED) is 0.397. The highest BCUT2D eigenvalue weighted by Crippen LogP contribution is 2.01. The van der Waals surface area contributed by atoms with Crippen LogP contribution in [-0.4, -0.2) is 38.4 Å². The van der Waals surface area contributed by atoms with Crippen molar-refractivity contribution in [2.24, 2.45) is 12.0 Å². The molecule has 0 spiro atoms. The number of aromatic nitrogens is 4. The second kappa shape index (κ2) is 10.2. The summed E-state index contributed by atoms with van der Waals surface area (Å²) >= 11 is 0. The van der Waals surface area contributed by atoms with Crippen LogP contribution < -0.4 is 10.6 Å². The number of rotatable bonds is 7. The summed E-state index contributed by atoms with van der Waals surface area (Å²) < 4.78 is 4.09. The number of hydrogen-bond donors (Lipinski definition) is 2. The van der Waals surface area contributed by atoms with Gasteiger partial charge in [0.1, 0.15) is 12.2 Å². The van der Waals surface area contributed by atoms with E-state index < -0.39 is 0 Å². The van der Waals surface area contributed by atoms with Crippen molar-refractivity contribution in [1.82, 2.24) is 30.0 Å². The molecule has 0 aliphatic rings. The third-order valence-electron chi connectivity index (χ3n) is 3.31. The van der Waals surface area contributed by atoms with Crippen molar-refractivity contribution in [2.75, 3.05) is 13.1 Å². The monoisotopic (exact) mass is 431 g/mol. The lowest BCUT2D eigenvalue weighted by Gasteiger charge is -2.12. The molecule has 2 heterocycles. The lowest BCUT2D eigenvalue weighted by Crippen LogP contribution is -2.38. The molecule has 0 aliphatic heterocycles. The van der Waals surface area contributed by atoms with Gasteiger partial charge in [0.2, 0.25) is 0 Å². The van der Waals surface area contributed by atoms with E-state index in [0.29, 0.717) is 6.54 Å². The van der Waals surface area contributed by atoms with Crippen molar-refractivity contribution < 1.29 is 0 Å². The molecule has 0 aliphatic carbocycles. The van der Waals surface area contributed by atoms with Crippen LogP contribution >= 0.6 is 24.0 Å². The van der Waals surface area contributed by atoms with E-state index in [9.17, 15) is 0 Å². The van der Waals surface area contributed by atoms with E-state index in [2.05, 4.69) is 56.5 Å². The summed E-state index contributed by atoms with van der Waals surface area (Å²) in [5.74, 6) is 1.84. The van der Waals surface area contributed by atoms with Gasteiger partial charge in [0.25, 0.3) is 0 Å². The van der Waals surface area contributed by atoms with Gasteiger partial charge in [0.15, 0.2) is 5.96 Å². The van der Waals surface area contributed by atoms with Crippen LogP contribution in [0.2, 0.25) is 0 Å². The molecular weight excluding hydrogens is 405 g/mol. The first-order valence-electron chi connectivity index (χ1n) is 7.72. The molecule has 0 saturated carbocycles. The van der Waals surface area contributed by atoms with Crippen molar-refractivity contribution in [3.05, 3.63) is 36.2 Å². The van der Waals surface area contributed by atoms with Crippen LogP contribution in [0.15, 0.2) is 29.8 Å². The summed E-state index contributed by atoms with van der Waals surface area (Å²) in [6.07, 6.45) is 6.78. The van der Waals surface area contributed by atoms with Crippen LogP contribution in [0.4, 0.5) is 0 Å². The summed E-state index contributed by atoms with van der Waals surface area (Å²) in [5, 5.41) is 14.6. The Morgan fingerprint density at radius 2 is 2.13 bits per heavy atom. The lowest BCUT2D eigenvalue weighted by molar-refractivity contribution is 0.632. The van der Waals surface area contributed by atoms with Gasteiger partial charge < -0.3 is 19.8 Å². The van der Waals surface area contributed by atoms with Gasteiger partial charge in [-0.15, -0.1) is 34.2 Å². The standard InChI is InChI=1S/C15H25N7.HI/c1-4-14-20-19-12-22(14)9-7-17-15(16-5-2)18-10-13-6-8-21(3)11-13;/h6,8,11-12H,4-5,7,9-10H2,1-3H3,(H2,16,17,18);1H. The first-order valence-corrected chi connectivity index (χ1v) is 7.72. The number of nitrogens with one attached hydrogen (secondary N) is 2. The van der Waals surface area contributed by atoms with E-state index in [1.165, 1.54) is 5.56 Å². The second-order valence-corrected chi connectivity index (χ2v) is 5.10. The summed E-state index contributed by atoms with van der Waals surface area (Å²) in [6.45, 7) is 7.27. The van der Waals surface area contributed by atoms with Gasteiger partial charge in [-0.05, 0) is 18.6 Å². The van der Waals surface area contributed by atoms with Crippen molar-refractivity contribution >= 4 is 29.9 Å². The van der Waals surface area contributed by atoms with Gasteiger partial charge in [-0.2, -0.15) is 0 Å². The molecule has 0 unspecified atom stereocenters. The van der Waals surface area contributed by atoms with Crippen LogP contribution in [0.3, 0.4) is 0 Å². The number of hydrogen-bond acceptors (Lipinski definition) is 3. The van der Waals surface area contributed by atoms with Gasteiger partial charge in [-0.25, -0.2) is 4.99 Å². The molecule has 2 aromatic rings. The van der Waals surface area contributed by atoms with E-state index in [0.717, 1.165) is 37.8 Å². The molecule has 0 atom stereocenters. The summed E-state index contributed by atoms with van der Waals surface area (Å²) in [7, 11) is 2.02. The van der Waals surface area contributed by atoms with Crippen molar-refractivity contribution in [1.29, 1.82) is 0 Å². The molecule has 2 N–H and O–H groups in total. The van der Waals surface area contributed by atoms with Crippen LogP contribution in [0.25, 0.3) is 0 Å². The predicted octanol–water partition coefficient (Wildman–Crippen LogP) is 1.55. The Kier molecular flexibility index (Phi) is 8.67. The topological polar surface area (TPSA) is 72.1 Å². The van der Waals surface area contributed by atoms with E-state index in [4.69, 9.17) is 0 Å². The van der Waals surface area contributed by atoms with Crippen LogP contribution in [0.1, 0.15) is 25.2 Å². The lowest BCUT2D eigenvalue weighted by atomic mass is 10.3. The molecule has 128 valence electrons. The first-order chi connectivity index (χ1) is 10.7. The Hall–Kier alpha value is -1.58. The highest BCUT2D eigenvalue weighted by Gasteiger charge is 2.02. The molecule has 8 heteroatoms. The Labute approximate surface area is 154 Å². The predicted molar refractivity (Wildman–Crippen MR) is 103 cm³/mol. The number of halogens is 1. The molecule has 0 fully saturated rings. The molecular formula is C15H26IN7. The van der Waals surface area contributed by atoms with Crippen molar-refractivity contribution in [2.45, 2.75) is 33.4 Å². The number of nitrogens with zero attached hydrogens (tertiary/aromatic N) is 5. The second-order valence-electron chi connectivity index (χ2n) is 5.10. The fourth-order valence-electron chi connectivity index (χ4n) is 2.20. The molecule has 0 amide bonds.